The molecule has 0 unspecified atom stereocenters. The van der Waals surface area contributed by atoms with Crippen molar-refractivity contribution in [1.82, 2.24) is 15.2 Å². The summed E-state index contributed by atoms with van der Waals surface area (Å²) in [5, 5.41) is 5.55. The maximum Gasteiger partial charge on any atom is 0.0547 e. The third-order valence-corrected chi connectivity index (χ3v) is 4.24. The highest BCUT2D eigenvalue weighted by Crippen LogP contribution is 2.10. The first kappa shape index (κ1) is 16.1. The van der Waals surface area contributed by atoms with Crippen LogP contribution in [-0.2, 0) is 19.5 Å². The molecule has 2 heterocycles. The van der Waals surface area contributed by atoms with Gasteiger partial charge in [-0.2, -0.15) is 0 Å². The Morgan fingerprint density at radius 1 is 1.19 bits per heavy atom. The lowest BCUT2D eigenvalue weighted by Gasteiger charge is -2.16. The van der Waals surface area contributed by atoms with Gasteiger partial charge in [0.15, 0.2) is 0 Å². The third-order valence-electron chi connectivity index (χ3n) is 3.31. The number of nitrogens with zero attached hydrogens (tertiary/aromatic N) is 2. The average Bonchev–Trinajstić information content (AvgIpc) is 2.97. The predicted octanol–water partition coefficient (Wildman–Crippen LogP) is 3.32. The van der Waals surface area contributed by atoms with Gasteiger partial charge in [-0.3, -0.25) is 4.98 Å². The van der Waals surface area contributed by atoms with Crippen molar-refractivity contribution < 1.29 is 0 Å². The Balaban J connectivity index is 1.82. The number of hydrogen-bond acceptors (Lipinski definition) is 4. The fourth-order valence-corrected chi connectivity index (χ4v) is 2.83. The summed E-state index contributed by atoms with van der Waals surface area (Å²) in [5.74, 6) is 0. The Morgan fingerprint density at radius 3 is 2.71 bits per heavy atom. The molecule has 0 aliphatic carbocycles. The summed E-state index contributed by atoms with van der Waals surface area (Å²) in [6.07, 6.45) is 1.11. The molecule has 4 heteroatoms. The number of hydrogen-bond donors (Lipinski definition) is 1. The number of aromatic nitrogens is 1. The van der Waals surface area contributed by atoms with Gasteiger partial charge in [0.25, 0.3) is 0 Å². The predicted molar refractivity (Wildman–Crippen MR) is 90.6 cm³/mol. The van der Waals surface area contributed by atoms with Crippen LogP contribution in [-0.4, -0.2) is 29.5 Å². The van der Waals surface area contributed by atoms with E-state index in [1.54, 1.807) is 0 Å². The van der Waals surface area contributed by atoms with Crippen LogP contribution in [0.25, 0.3) is 0 Å². The Hall–Kier alpha value is -1.23. The van der Waals surface area contributed by atoms with Crippen LogP contribution >= 0.6 is 11.3 Å². The van der Waals surface area contributed by atoms with E-state index >= 15 is 0 Å². The highest BCUT2D eigenvalue weighted by Gasteiger charge is 2.04. The molecule has 0 atom stereocenters. The highest BCUT2D eigenvalue weighted by molar-refractivity contribution is 7.09. The standard InChI is InChI=1S/C17H25N3S/c1-14(2)18-12-15-6-4-7-16(19-15)13-20(3)10-9-17-8-5-11-21-17/h4-8,11,14,18H,9-10,12-13H2,1-3H3. The van der Waals surface area contributed by atoms with Crippen molar-refractivity contribution in [2.75, 3.05) is 13.6 Å². The van der Waals surface area contributed by atoms with Crippen molar-refractivity contribution in [3.63, 3.8) is 0 Å². The van der Waals surface area contributed by atoms with Gasteiger partial charge in [-0.1, -0.05) is 26.0 Å². The molecular formula is C17H25N3S. The van der Waals surface area contributed by atoms with Crippen LogP contribution in [0.1, 0.15) is 30.1 Å². The van der Waals surface area contributed by atoms with Gasteiger partial charge >= 0.3 is 0 Å². The van der Waals surface area contributed by atoms with E-state index < -0.39 is 0 Å². The minimum atomic E-state index is 0.490. The molecule has 0 aliphatic rings. The molecule has 0 aliphatic heterocycles. The third kappa shape index (κ3) is 5.96. The lowest BCUT2D eigenvalue weighted by Crippen LogP contribution is -2.24. The summed E-state index contributed by atoms with van der Waals surface area (Å²) in [6.45, 7) is 7.12. The fourth-order valence-electron chi connectivity index (χ4n) is 2.14. The maximum atomic E-state index is 4.73. The van der Waals surface area contributed by atoms with E-state index in [9.17, 15) is 0 Å². The first-order chi connectivity index (χ1) is 10.1. The van der Waals surface area contributed by atoms with Gasteiger partial charge < -0.3 is 10.2 Å². The topological polar surface area (TPSA) is 28.2 Å². The van der Waals surface area contributed by atoms with E-state index in [4.69, 9.17) is 4.98 Å². The molecule has 0 saturated carbocycles. The quantitative estimate of drug-likeness (QED) is 0.811. The molecule has 2 aromatic heterocycles. The molecule has 0 aromatic carbocycles. The van der Waals surface area contributed by atoms with Gasteiger partial charge in [0, 0.05) is 30.6 Å². The van der Waals surface area contributed by atoms with E-state index in [1.807, 2.05) is 11.3 Å². The van der Waals surface area contributed by atoms with Crippen LogP contribution in [0.15, 0.2) is 35.7 Å². The minimum absolute atomic E-state index is 0.490. The van der Waals surface area contributed by atoms with Gasteiger partial charge in [0.1, 0.15) is 0 Å². The van der Waals surface area contributed by atoms with E-state index in [0.717, 1.165) is 37.4 Å². The molecule has 0 spiro atoms. The van der Waals surface area contributed by atoms with Crippen LogP contribution in [0.4, 0.5) is 0 Å². The first-order valence-electron chi connectivity index (χ1n) is 7.52. The summed E-state index contributed by atoms with van der Waals surface area (Å²) < 4.78 is 0. The molecule has 0 amide bonds. The normalized spacial score (nSPS) is 11.5. The van der Waals surface area contributed by atoms with Crippen molar-refractivity contribution in [2.24, 2.45) is 0 Å². The van der Waals surface area contributed by atoms with Crippen molar-refractivity contribution in [3.8, 4) is 0 Å². The van der Waals surface area contributed by atoms with E-state index in [2.05, 4.69) is 66.8 Å². The molecule has 3 nitrogen and oxygen atoms in total. The van der Waals surface area contributed by atoms with E-state index in [1.165, 1.54) is 4.88 Å². The summed E-state index contributed by atoms with van der Waals surface area (Å²) in [7, 11) is 2.16. The Bertz CT molecular complexity index is 523. The molecular weight excluding hydrogens is 278 g/mol. The largest absolute Gasteiger partial charge is 0.309 e. The van der Waals surface area contributed by atoms with Crippen molar-refractivity contribution in [3.05, 3.63) is 52.0 Å². The highest BCUT2D eigenvalue weighted by atomic mass is 32.1. The zero-order valence-corrected chi connectivity index (χ0v) is 14.0. The molecule has 2 aromatic rings. The van der Waals surface area contributed by atoms with Gasteiger partial charge in [-0.25, -0.2) is 0 Å². The number of likely N-dealkylation sites (N-methyl/N-ethyl adjacent to an activating group) is 1. The van der Waals surface area contributed by atoms with Crippen molar-refractivity contribution >= 4 is 11.3 Å². The summed E-state index contributed by atoms with van der Waals surface area (Å²) in [4.78, 5) is 8.51. The van der Waals surface area contributed by atoms with E-state index in [0.29, 0.717) is 6.04 Å². The average molecular weight is 303 g/mol. The first-order valence-corrected chi connectivity index (χ1v) is 8.40. The maximum absolute atomic E-state index is 4.73. The second-order valence-corrected chi connectivity index (χ2v) is 6.76. The smallest absolute Gasteiger partial charge is 0.0547 e. The van der Waals surface area contributed by atoms with Gasteiger partial charge in [0.2, 0.25) is 0 Å². The monoisotopic (exact) mass is 303 g/mol. The zero-order valence-electron chi connectivity index (χ0n) is 13.2. The molecule has 2 rings (SSSR count). The molecule has 0 fully saturated rings. The van der Waals surface area contributed by atoms with Gasteiger partial charge in [-0.05, 0) is 37.0 Å². The molecule has 0 saturated heterocycles. The number of thiophene rings is 1. The second-order valence-electron chi connectivity index (χ2n) is 5.72. The minimum Gasteiger partial charge on any atom is -0.309 e. The molecule has 114 valence electrons. The Labute approximate surface area is 132 Å². The van der Waals surface area contributed by atoms with Gasteiger partial charge in [0.05, 0.1) is 11.4 Å². The summed E-state index contributed by atoms with van der Waals surface area (Å²) in [6, 6.07) is 11.1. The summed E-state index contributed by atoms with van der Waals surface area (Å²) >= 11 is 1.83. The molecule has 0 radical (unpaired) electrons. The van der Waals surface area contributed by atoms with Crippen LogP contribution in [0.5, 0.6) is 0 Å². The molecule has 1 N–H and O–H groups in total. The van der Waals surface area contributed by atoms with Crippen LogP contribution in [0.2, 0.25) is 0 Å². The Kier molecular flexibility index (Phi) is 6.36. The van der Waals surface area contributed by atoms with Gasteiger partial charge in [-0.15, -0.1) is 11.3 Å². The van der Waals surface area contributed by atoms with Crippen molar-refractivity contribution in [2.45, 2.75) is 39.4 Å². The SMILES string of the molecule is CC(C)NCc1cccc(CN(C)CCc2cccs2)n1. The lowest BCUT2D eigenvalue weighted by molar-refractivity contribution is 0.327. The number of nitrogens with one attached hydrogen (secondary N) is 1. The Morgan fingerprint density at radius 2 is 2.00 bits per heavy atom. The van der Waals surface area contributed by atoms with Crippen molar-refractivity contribution in [1.29, 1.82) is 0 Å². The molecule has 21 heavy (non-hydrogen) atoms. The number of rotatable bonds is 8. The second kappa shape index (κ2) is 8.27. The van der Waals surface area contributed by atoms with Crippen LogP contribution < -0.4 is 5.32 Å². The molecule has 0 bridgehead atoms. The lowest BCUT2D eigenvalue weighted by atomic mass is 10.2. The fraction of sp³-hybridized carbons (Fsp3) is 0.471. The van der Waals surface area contributed by atoms with Crippen LogP contribution in [0, 0.1) is 0 Å². The summed E-state index contributed by atoms with van der Waals surface area (Å²) in [5.41, 5.74) is 2.26. The van der Waals surface area contributed by atoms with Crippen LogP contribution in [0.3, 0.4) is 0 Å². The van der Waals surface area contributed by atoms with E-state index in [-0.39, 0.29) is 0 Å². The number of pyridine rings is 1. The zero-order chi connectivity index (χ0) is 15.1.